The lowest BCUT2D eigenvalue weighted by atomic mass is 10.1. The van der Waals surface area contributed by atoms with Crippen molar-refractivity contribution >= 4 is 89.4 Å². The summed E-state index contributed by atoms with van der Waals surface area (Å²) in [6, 6.07) is 52.0. The molecule has 8 rings (SSSR count). The first kappa shape index (κ1) is 108. The molecule has 1 aliphatic heterocycles. The second-order valence-electron chi connectivity index (χ2n) is 34.8. The van der Waals surface area contributed by atoms with Crippen molar-refractivity contribution in [2.75, 3.05) is 32.7 Å². The van der Waals surface area contributed by atoms with E-state index in [-0.39, 0.29) is 160 Å². The van der Waals surface area contributed by atoms with Gasteiger partial charge in [0, 0.05) is 57.8 Å². The van der Waals surface area contributed by atoms with E-state index in [9.17, 15) is 4.79 Å². The van der Waals surface area contributed by atoms with Crippen LogP contribution in [0.1, 0.15) is 195 Å². The van der Waals surface area contributed by atoms with Gasteiger partial charge in [0.05, 0.1) is 0 Å². The number of imide groups is 6. The Morgan fingerprint density at radius 2 is 0.478 bits per heavy atom. The summed E-state index contributed by atoms with van der Waals surface area (Å²) in [5, 5.41) is 19.7. The lowest BCUT2D eigenvalue weighted by molar-refractivity contribution is -0.150. The van der Waals surface area contributed by atoms with Crippen LogP contribution in [0.5, 0.6) is 0 Å². The van der Waals surface area contributed by atoms with Gasteiger partial charge in [-0.3, -0.25) is 43.2 Å². The predicted octanol–water partition coefficient (Wildman–Crippen LogP) is 10.6. The normalized spacial score (nSPS) is 17.9. The molecule has 1 aliphatic rings. The number of hydrogen-bond acceptors (Lipinski definition) is 19. The summed E-state index contributed by atoms with van der Waals surface area (Å²) in [7, 11) is 0. The van der Waals surface area contributed by atoms with Crippen molar-refractivity contribution in [3.05, 3.63) is 251 Å². The summed E-state index contributed by atoms with van der Waals surface area (Å²) in [5.41, 5.74) is 34.7. The molecule has 136 heavy (non-hydrogen) atoms. The van der Waals surface area contributed by atoms with Crippen molar-refractivity contribution in [3.63, 3.8) is 0 Å². The number of rotatable bonds is 42. The fourth-order valence-corrected chi connectivity index (χ4v) is 16.0. The highest BCUT2D eigenvalue weighted by molar-refractivity contribution is 6.35. The summed E-state index contributed by atoms with van der Waals surface area (Å²) in [5.74, 6) is -10.4. The third-order valence-corrected chi connectivity index (χ3v) is 23.3. The van der Waals surface area contributed by atoms with Crippen LogP contribution in [0, 0.1) is 11.8 Å². The van der Waals surface area contributed by atoms with E-state index in [0.29, 0.717) is 53.6 Å². The average molecular weight is 1870 g/mol. The van der Waals surface area contributed by atoms with E-state index in [4.69, 9.17) is 28.7 Å². The lowest BCUT2D eigenvalue weighted by Crippen LogP contribution is -2.66. The van der Waals surface area contributed by atoms with Gasteiger partial charge in [0.25, 0.3) is 0 Å². The van der Waals surface area contributed by atoms with Crippen LogP contribution in [0.15, 0.2) is 212 Å². The Labute approximate surface area is 797 Å². The molecule has 0 radical (unpaired) electrons. The zero-order valence-corrected chi connectivity index (χ0v) is 78.7. The Kier molecular flexibility index (Phi) is 45.9. The minimum atomic E-state index is -1.91. The standard InChI is InChI=1S/C102H137N19O15/c1-72(2)52-58-89(123)120-87(69-79-44-22-10-23-45-79)108-95(129)96(130)115(71-81(107)122)86(68-78-42-20-9-21-43-78)113-101(135)119(94(128)63-57-77-40-18-8-19-41-77)84(50-28-32-66-105)111-99(133)117(92(126)61-55-75-36-14-6-15-37-75)82(48-26-30-64-103)109-97(131)116(91(125)60-54-74-34-12-5-13-35-74)83(49-27-31-65-104)110-98(132)118(93(127)62-56-76-38-16-7-17-39-76)85(51-29-33-67-106)112-100(134)121(90(124)59-53-73(3)4)88(114-102(120)136)70-80-46-24-11-25-47-80/h5-25,34-47,72-73,82-88H,26-33,48-71,103-106H2,1-4H3,(H2,107,122)(H,108,129)(H,109,131)(H,110,132)(H,111,133)(H,112,134)(H,113,135)(H,114,136)/t82-,83+,84-,85+,86-,87-,88-/m1/s1. The number of benzene rings is 7. The third kappa shape index (κ3) is 35.4. The van der Waals surface area contributed by atoms with E-state index in [2.05, 4.69) is 37.2 Å². The SMILES string of the molecule is CC(C)CCC(=O)N1C(=O)N[C@@H](Cc2ccccc2)N(C(=O)CCC(C)C)C(=O)N[C@H](CCCCN)N(C(=O)CCc2ccccc2)C(=O)N[C@H](CCCCN)N(C(=O)CCc2ccccc2)C(=O)N[C@@H](CCCCN)N(C(=O)CCc2ccccc2)C(=O)N[C@@H](CCCCN)N(C(=O)CCc2ccccc2)C(=O)N[C@@H](Cc2ccccc2)N(CC(N)=O)C(=O)C(=O)N[C@H]1Cc1ccccc1. The first-order chi connectivity index (χ1) is 65.6. The molecule has 7 atom stereocenters. The van der Waals surface area contributed by atoms with Crippen LogP contribution < -0.4 is 65.9 Å². The molecule has 1 fully saturated rings. The van der Waals surface area contributed by atoms with E-state index >= 15 is 67.1 Å². The maximum atomic E-state index is 16.6. The Hall–Kier alpha value is -13.6. The maximum Gasteiger partial charge on any atom is 0.327 e. The summed E-state index contributed by atoms with van der Waals surface area (Å²) in [4.78, 5) is 245. The number of aryl methyl sites for hydroxylation is 4. The van der Waals surface area contributed by atoms with Crippen LogP contribution in [0.3, 0.4) is 0 Å². The Bertz CT molecular complexity index is 4980. The largest absolute Gasteiger partial charge is 0.368 e. The summed E-state index contributed by atoms with van der Waals surface area (Å²) in [6.07, 6.45) is -16.4. The minimum absolute atomic E-state index is 0.000947. The van der Waals surface area contributed by atoms with Crippen molar-refractivity contribution in [3.8, 4) is 0 Å². The zero-order valence-electron chi connectivity index (χ0n) is 78.7. The van der Waals surface area contributed by atoms with Crippen LogP contribution in [-0.2, 0) is 88.1 Å². The Balaban J connectivity index is 1.48. The molecule has 0 aliphatic carbocycles. The van der Waals surface area contributed by atoms with Crippen molar-refractivity contribution < 1.29 is 71.9 Å². The molecule has 730 valence electrons. The quantitative estimate of drug-likeness (QED) is 0.0125. The number of carbonyl (C=O) groups excluding carboxylic acids is 15. The molecular formula is C102H137N19O15. The number of amides is 21. The molecular weight excluding hydrogens is 1730 g/mol. The fraction of sp³-hybridized carbons (Fsp3) is 0.441. The highest BCUT2D eigenvalue weighted by Crippen LogP contribution is 2.26. The Morgan fingerprint density at radius 3 is 0.713 bits per heavy atom. The van der Waals surface area contributed by atoms with Crippen LogP contribution in [0.25, 0.3) is 0 Å². The van der Waals surface area contributed by atoms with Gasteiger partial charge in [0.2, 0.25) is 41.4 Å². The number of unbranched alkanes of at least 4 members (excludes halogenated alkanes) is 4. The fourth-order valence-electron chi connectivity index (χ4n) is 16.0. The molecule has 7 aromatic rings. The van der Waals surface area contributed by atoms with Gasteiger partial charge in [0.15, 0.2) is 0 Å². The molecule has 0 bridgehead atoms. The van der Waals surface area contributed by atoms with E-state index in [1.165, 1.54) is 0 Å². The molecule has 7 aromatic carbocycles. The van der Waals surface area contributed by atoms with Gasteiger partial charge < -0.3 is 70.8 Å². The second-order valence-corrected chi connectivity index (χ2v) is 34.8. The highest BCUT2D eigenvalue weighted by atomic mass is 16.2. The van der Waals surface area contributed by atoms with Crippen molar-refractivity contribution in [1.29, 1.82) is 0 Å². The molecule has 34 heteroatoms. The summed E-state index contributed by atoms with van der Waals surface area (Å²) >= 11 is 0. The number of nitrogens with two attached hydrogens (primary N) is 5. The smallest absolute Gasteiger partial charge is 0.327 e. The van der Waals surface area contributed by atoms with Crippen LogP contribution in [-0.4, -0.2) is 200 Å². The van der Waals surface area contributed by atoms with E-state index in [1.54, 1.807) is 212 Å². The maximum absolute atomic E-state index is 16.6. The van der Waals surface area contributed by atoms with Crippen molar-refractivity contribution in [2.24, 2.45) is 40.5 Å². The van der Waals surface area contributed by atoms with E-state index in [1.807, 2.05) is 27.7 Å². The molecule has 0 unspecified atom stereocenters. The lowest BCUT2D eigenvalue weighted by Gasteiger charge is -2.39. The number of hydrogen-bond donors (Lipinski definition) is 12. The summed E-state index contributed by atoms with van der Waals surface area (Å²) < 4.78 is 0. The number of urea groups is 6. The van der Waals surface area contributed by atoms with Gasteiger partial charge in [0.1, 0.15) is 49.7 Å². The number of primary amides is 1. The highest BCUT2D eigenvalue weighted by Gasteiger charge is 2.45. The van der Waals surface area contributed by atoms with E-state index in [0.717, 1.165) is 19.6 Å². The van der Waals surface area contributed by atoms with Gasteiger partial charge in [-0.15, -0.1) is 0 Å². The molecule has 34 nitrogen and oxygen atoms in total. The molecule has 0 saturated carbocycles. The van der Waals surface area contributed by atoms with Crippen LogP contribution in [0.4, 0.5) is 28.8 Å². The first-order valence-electron chi connectivity index (χ1n) is 47.3. The predicted molar refractivity (Wildman–Crippen MR) is 517 cm³/mol. The Morgan fingerprint density at radius 1 is 0.272 bits per heavy atom. The second kappa shape index (κ2) is 57.9. The molecule has 1 heterocycles. The van der Waals surface area contributed by atoms with Gasteiger partial charge in [-0.05, 0) is 193 Å². The average Bonchev–Trinajstić information content (AvgIpc) is 0.831. The topological polar surface area (TPSA) is 493 Å². The molecule has 1 saturated heterocycles. The zero-order chi connectivity index (χ0) is 98.3. The third-order valence-electron chi connectivity index (χ3n) is 23.3. The molecule has 0 spiro atoms. The number of nitrogens with zero attached hydrogens (tertiary/aromatic N) is 7. The molecule has 17 N–H and O–H groups in total. The molecule has 21 amide bonds. The number of nitrogens with one attached hydrogen (secondary N) is 7. The first-order valence-corrected chi connectivity index (χ1v) is 47.3. The van der Waals surface area contributed by atoms with Crippen molar-refractivity contribution in [1.82, 2.24) is 71.5 Å². The number of carbonyl (C=O) groups is 15. The minimum Gasteiger partial charge on any atom is -0.368 e. The van der Waals surface area contributed by atoms with Gasteiger partial charge in [-0.2, -0.15) is 0 Å². The van der Waals surface area contributed by atoms with E-state index < -0.39 is 190 Å². The van der Waals surface area contributed by atoms with Gasteiger partial charge >= 0.3 is 48.0 Å². The van der Waals surface area contributed by atoms with Crippen LogP contribution >= 0.6 is 0 Å². The van der Waals surface area contributed by atoms with Crippen molar-refractivity contribution in [2.45, 2.75) is 244 Å². The molecule has 0 aromatic heterocycles. The summed E-state index contributed by atoms with van der Waals surface area (Å²) in [6.45, 7) is 6.42. The van der Waals surface area contributed by atoms with Gasteiger partial charge in [-0.1, -0.05) is 240 Å². The van der Waals surface area contributed by atoms with Gasteiger partial charge in [-0.25, -0.2) is 58.2 Å². The monoisotopic (exact) mass is 1870 g/mol. The van der Waals surface area contributed by atoms with Crippen LogP contribution in [0.2, 0.25) is 0 Å².